The second kappa shape index (κ2) is 5.67. The van der Waals surface area contributed by atoms with E-state index >= 15 is 0 Å². The van der Waals surface area contributed by atoms with Crippen LogP contribution in [0.15, 0.2) is 24.3 Å². The lowest BCUT2D eigenvalue weighted by molar-refractivity contribution is 0.630. The van der Waals surface area contributed by atoms with Crippen LogP contribution in [0.4, 0.5) is 10.1 Å². The monoisotopic (exact) mass is 294 g/mol. The lowest BCUT2D eigenvalue weighted by Crippen LogP contribution is -2.10. The number of halogens is 1. The topological polar surface area (TPSA) is 38.0 Å². The number of hydrogen-bond acceptors (Lipinski definition) is 3. The van der Waals surface area contributed by atoms with E-state index in [2.05, 4.69) is 25.2 Å². The van der Waals surface area contributed by atoms with Gasteiger partial charge in [0.05, 0.1) is 5.69 Å². The molecule has 1 aromatic carbocycles. The van der Waals surface area contributed by atoms with Crippen LogP contribution in [0.25, 0.3) is 0 Å². The van der Waals surface area contributed by atoms with E-state index in [1.54, 1.807) is 23.5 Å². The third-order valence-electron chi connectivity index (χ3n) is 2.92. The lowest BCUT2D eigenvalue weighted by atomic mass is 10.2. The minimum atomic E-state index is -0.338. The molecule has 0 saturated carbocycles. The fourth-order valence-electron chi connectivity index (χ4n) is 1.73. The molecule has 0 aliphatic heterocycles. The van der Waals surface area contributed by atoms with Gasteiger partial charge >= 0.3 is 0 Å². The zero-order valence-corrected chi connectivity index (χ0v) is 12.4. The van der Waals surface area contributed by atoms with Gasteiger partial charge in [-0.1, -0.05) is 12.2 Å². The molecule has 0 bridgehead atoms. The number of nitrogens with one attached hydrogen (secondary N) is 1. The van der Waals surface area contributed by atoms with Gasteiger partial charge in [-0.25, -0.2) is 4.39 Å². The lowest BCUT2D eigenvalue weighted by Gasteiger charge is -2.07. The van der Waals surface area contributed by atoms with Crippen molar-refractivity contribution in [3.05, 3.63) is 51.0 Å². The number of aryl methyl sites for hydroxylation is 2. The van der Waals surface area contributed by atoms with Crippen LogP contribution in [-0.2, 0) is 6.54 Å². The number of rotatable bonds is 4. The van der Waals surface area contributed by atoms with Crippen LogP contribution in [0.1, 0.15) is 20.9 Å². The van der Waals surface area contributed by atoms with E-state index in [0.29, 0.717) is 17.8 Å². The molecule has 0 aliphatic rings. The van der Waals surface area contributed by atoms with Gasteiger partial charge in [0.15, 0.2) is 0 Å². The van der Waals surface area contributed by atoms with Gasteiger partial charge in [0, 0.05) is 21.9 Å². The van der Waals surface area contributed by atoms with Crippen LogP contribution >= 0.6 is 23.6 Å². The first-order valence-corrected chi connectivity index (χ1v) is 7.09. The average Bonchev–Trinajstić information content (AvgIpc) is 2.67. The Morgan fingerprint density at radius 1 is 1.37 bits per heavy atom. The van der Waals surface area contributed by atoms with Crippen LogP contribution < -0.4 is 11.1 Å². The van der Waals surface area contributed by atoms with Crippen LogP contribution in [0, 0.1) is 19.7 Å². The van der Waals surface area contributed by atoms with Gasteiger partial charge in [-0.3, -0.25) is 0 Å². The van der Waals surface area contributed by atoms with E-state index in [1.807, 2.05) is 0 Å². The minimum Gasteiger partial charge on any atom is -0.389 e. The Morgan fingerprint density at radius 3 is 2.63 bits per heavy atom. The van der Waals surface area contributed by atoms with Gasteiger partial charge in [-0.05, 0) is 43.7 Å². The molecule has 3 N–H and O–H groups in total. The standard InChI is InChI=1S/C14H15FN2S2/c1-8-5-11(19-9(8)2)7-17-13-4-3-10(14(16)18)6-12(13)15/h3-6,17H,7H2,1-2H3,(H2,16,18). The highest BCUT2D eigenvalue weighted by atomic mass is 32.1. The summed E-state index contributed by atoms with van der Waals surface area (Å²) >= 11 is 6.54. The molecule has 2 nitrogen and oxygen atoms in total. The molecule has 2 aromatic rings. The van der Waals surface area contributed by atoms with E-state index in [-0.39, 0.29) is 10.8 Å². The Morgan fingerprint density at radius 2 is 2.11 bits per heavy atom. The van der Waals surface area contributed by atoms with E-state index < -0.39 is 0 Å². The highest BCUT2D eigenvalue weighted by Gasteiger charge is 2.06. The quantitative estimate of drug-likeness (QED) is 0.843. The smallest absolute Gasteiger partial charge is 0.146 e. The molecule has 0 saturated heterocycles. The molecule has 0 spiro atoms. The van der Waals surface area contributed by atoms with Crippen molar-refractivity contribution in [2.24, 2.45) is 5.73 Å². The van der Waals surface area contributed by atoms with Crippen molar-refractivity contribution in [2.75, 3.05) is 5.32 Å². The Hall–Kier alpha value is -1.46. The van der Waals surface area contributed by atoms with Crippen LogP contribution in [0.5, 0.6) is 0 Å². The first-order valence-electron chi connectivity index (χ1n) is 5.86. The van der Waals surface area contributed by atoms with Crippen molar-refractivity contribution >= 4 is 34.2 Å². The van der Waals surface area contributed by atoms with E-state index in [0.717, 1.165) is 0 Å². The molecule has 0 amide bonds. The summed E-state index contributed by atoms with van der Waals surface area (Å²) in [5.41, 5.74) is 7.74. The number of thiophene rings is 1. The molecule has 2 rings (SSSR count). The minimum absolute atomic E-state index is 0.204. The normalized spacial score (nSPS) is 10.5. The molecule has 0 aliphatic carbocycles. The largest absolute Gasteiger partial charge is 0.389 e. The third-order valence-corrected chi connectivity index (χ3v) is 4.31. The zero-order valence-electron chi connectivity index (χ0n) is 10.8. The highest BCUT2D eigenvalue weighted by Crippen LogP contribution is 2.22. The second-order valence-corrected chi connectivity index (χ2v) is 6.15. The van der Waals surface area contributed by atoms with Gasteiger partial charge in [0.1, 0.15) is 10.8 Å². The fraction of sp³-hybridized carbons (Fsp3) is 0.214. The van der Waals surface area contributed by atoms with Crippen molar-refractivity contribution < 1.29 is 4.39 Å². The summed E-state index contributed by atoms with van der Waals surface area (Å²) in [6, 6.07) is 6.86. The average molecular weight is 294 g/mol. The molecule has 5 heteroatoms. The summed E-state index contributed by atoms with van der Waals surface area (Å²) in [5, 5.41) is 3.09. The Balaban J connectivity index is 2.09. The summed E-state index contributed by atoms with van der Waals surface area (Å²) in [7, 11) is 0. The molecule has 0 unspecified atom stereocenters. The van der Waals surface area contributed by atoms with E-state index in [9.17, 15) is 4.39 Å². The fourth-order valence-corrected chi connectivity index (χ4v) is 2.85. The molecule has 100 valence electrons. The van der Waals surface area contributed by atoms with Gasteiger partial charge in [0.2, 0.25) is 0 Å². The Labute approximate surface area is 121 Å². The van der Waals surface area contributed by atoms with Crippen molar-refractivity contribution in [1.82, 2.24) is 0 Å². The molecular weight excluding hydrogens is 279 g/mol. The van der Waals surface area contributed by atoms with Crippen LogP contribution in [0.3, 0.4) is 0 Å². The predicted octanol–water partition coefficient (Wildman–Crippen LogP) is 3.75. The molecule has 19 heavy (non-hydrogen) atoms. The molecule has 1 heterocycles. The molecule has 1 aromatic heterocycles. The number of anilines is 1. The van der Waals surface area contributed by atoms with Gasteiger partial charge in [-0.2, -0.15) is 0 Å². The van der Waals surface area contributed by atoms with Crippen molar-refractivity contribution in [2.45, 2.75) is 20.4 Å². The first kappa shape index (κ1) is 14.0. The zero-order chi connectivity index (χ0) is 14.0. The first-order chi connectivity index (χ1) is 8.97. The third kappa shape index (κ3) is 3.30. The van der Waals surface area contributed by atoms with Crippen LogP contribution in [0.2, 0.25) is 0 Å². The predicted molar refractivity (Wildman–Crippen MR) is 83.4 cm³/mol. The van der Waals surface area contributed by atoms with Gasteiger partial charge < -0.3 is 11.1 Å². The van der Waals surface area contributed by atoms with Gasteiger partial charge in [-0.15, -0.1) is 11.3 Å². The molecule has 0 radical (unpaired) electrons. The van der Waals surface area contributed by atoms with Crippen molar-refractivity contribution in [3.63, 3.8) is 0 Å². The summed E-state index contributed by atoms with van der Waals surface area (Å²) in [4.78, 5) is 2.68. The SMILES string of the molecule is Cc1cc(CNc2ccc(C(N)=S)cc2F)sc1C. The van der Waals surface area contributed by atoms with E-state index in [1.165, 1.54) is 21.4 Å². The number of hydrogen-bond donors (Lipinski definition) is 2. The number of thiocarbonyl (C=S) groups is 1. The summed E-state index contributed by atoms with van der Waals surface area (Å²) < 4.78 is 13.8. The Bertz CT molecular complexity index is 600. The maximum Gasteiger partial charge on any atom is 0.146 e. The summed E-state index contributed by atoms with van der Waals surface area (Å²) in [6.07, 6.45) is 0. The second-order valence-electron chi connectivity index (χ2n) is 4.36. The Kier molecular flexibility index (Phi) is 4.17. The highest BCUT2D eigenvalue weighted by molar-refractivity contribution is 7.80. The maximum absolute atomic E-state index is 13.8. The van der Waals surface area contributed by atoms with Crippen molar-refractivity contribution in [3.8, 4) is 0 Å². The molecule has 0 fully saturated rings. The molecule has 0 atom stereocenters. The van der Waals surface area contributed by atoms with Gasteiger partial charge in [0.25, 0.3) is 0 Å². The summed E-state index contributed by atoms with van der Waals surface area (Å²) in [5.74, 6) is -0.338. The van der Waals surface area contributed by atoms with Crippen molar-refractivity contribution in [1.29, 1.82) is 0 Å². The maximum atomic E-state index is 13.8. The van der Waals surface area contributed by atoms with E-state index in [4.69, 9.17) is 18.0 Å². The molecular formula is C14H15FN2S2. The number of benzene rings is 1. The van der Waals surface area contributed by atoms with Crippen LogP contribution in [-0.4, -0.2) is 4.99 Å². The number of nitrogens with two attached hydrogens (primary N) is 1. The summed E-state index contributed by atoms with van der Waals surface area (Å²) in [6.45, 7) is 4.77.